The molecule has 0 spiro atoms. The van der Waals surface area contributed by atoms with Crippen LogP contribution in [-0.2, 0) is 10.0 Å². The molecule has 1 aliphatic rings. The zero-order valence-electron chi connectivity index (χ0n) is 16.4. The molecule has 1 unspecified atom stereocenters. The lowest BCUT2D eigenvalue weighted by Gasteiger charge is -2.32. The van der Waals surface area contributed by atoms with Gasteiger partial charge in [-0.15, -0.1) is 0 Å². The average Bonchev–Trinajstić information content (AvgIpc) is 3.04. The molecule has 1 saturated heterocycles. The van der Waals surface area contributed by atoms with E-state index in [9.17, 15) is 13.2 Å². The van der Waals surface area contributed by atoms with E-state index in [4.69, 9.17) is 9.15 Å². The van der Waals surface area contributed by atoms with Crippen LogP contribution in [0.5, 0.6) is 5.75 Å². The molecule has 1 aromatic carbocycles. The highest BCUT2D eigenvalue weighted by Crippen LogP contribution is 2.22. The number of carbonyl (C=O) groups is 1. The van der Waals surface area contributed by atoms with Crippen LogP contribution >= 0.6 is 0 Å². The van der Waals surface area contributed by atoms with Crippen LogP contribution < -0.4 is 9.46 Å². The first-order chi connectivity index (χ1) is 13.3. The van der Waals surface area contributed by atoms with Crippen LogP contribution in [0.25, 0.3) is 0 Å². The number of hydrogen-bond donors (Lipinski definition) is 1. The van der Waals surface area contributed by atoms with Gasteiger partial charge in [0, 0.05) is 19.6 Å². The van der Waals surface area contributed by atoms with Crippen LogP contribution in [0.1, 0.15) is 34.7 Å². The Bertz CT molecular complexity index is 934. The van der Waals surface area contributed by atoms with Crippen LogP contribution in [0.4, 0.5) is 0 Å². The predicted molar refractivity (Wildman–Crippen MR) is 105 cm³/mol. The Morgan fingerprint density at radius 2 is 2.00 bits per heavy atom. The maximum Gasteiger partial charge on any atom is 0.257 e. The summed E-state index contributed by atoms with van der Waals surface area (Å²) in [5.41, 5.74) is 0.581. The molecule has 8 heteroatoms. The first-order valence-corrected chi connectivity index (χ1v) is 10.8. The second-order valence-electron chi connectivity index (χ2n) is 7.11. The van der Waals surface area contributed by atoms with E-state index in [1.54, 1.807) is 30.0 Å². The van der Waals surface area contributed by atoms with Crippen LogP contribution in [0.3, 0.4) is 0 Å². The highest BCUT2D eigenvalue weighted by Gasteiger charge is 2.27. The molecule has 152 valence electrons. The number of nitrogens with zero attached hydrogens (tertiary/aromatic N) is 1. The average molecular weight is 407 g/mol. The molecule has 0 saturated carbocycles. The topological polar surface area (TPSA) is 88.9 Å². The highest BCUT2D eigenvalue weighted by molar-refractivity contribution is 7.89. The number of carbonyl (C=O) groups excluding carboxylic acids is 1. The highest BCUT2D eigenvalue weighted by atomic mass is 32.2. The van der Waals surface area contributed by atoms with Gasteiger partial charge in [-0.2, -0.15) is 0 Å². The zero-order chi connectivity index (χ0) is 20.3. The molecule has 2 aromatic rings. The van der Waals surface area contributed by atoms with Gasteiger partial charge in [0.15, 0.2) is 0 Å². The summed E-state index contributed by atoms with van der Waals surface area (Å²) in [6, 6.07) is 8.02. The number of nitrogens with one attached hydrogen (secondary N) is 1. The van der Waals surface area contributed by atoms with E-state index in [0.29, 0.717) is 42.5 Å². The van der Waals surface area contributed by atoms with Crippen molar-refractivity contribution < 1.29 is 22.4 Å². The lowest BCUT2D eigenvalue weighted by atomic mass is 9.97. The summed E-state index contributed by atoms with van der Waals surface area (Å²) < 4.78 is 38.2. The van der Waals surface area contributed by atoms with Crippen molar-refractivity contribution in [1.82, 2.24) is 9.62 Å². The lowest BCUT2D eigenvalue weighted by Crippen LogP contribution is -2.43. The van der Waals surface area contributed by atoms with E-state index >= 15 is 0 Å². The Morgan fingerprint density at radius 1 is 1.29 bits per heavy atom. The number of likely N-dealkylation sites (tertiary alicyclic amines) is 1. The molecule has 0 bridgehead atoms. The Labute approximate surface area is 165 Å². The second kappa shape index (κ2) is 8.36. The van der Waals surface area contributed by atoms with E-state index in [2.05, 4.69) is 4.72 Å². The molecule has 0 radical (unpaired) electrons. The van der Waals surface area contributed by atoms with Gasteiger partial charge in [0.2, 0.25) is 10.0 Å². The van der Waals surface area contributed by atoms with Crippen LogP contribution in [0.15, 0.2) is 39.6 Å². The van der Waals surface area contributed by atoms with Crippen molar-refractivity contribution in [2.75, 3.05) is 26.7 Å². The van der Waals surface area contributed by atoms with E-state index < -0.39 is 10.0 Å². The number of methoxy groups -OCH3 is 1. The number of sulfonamides is 1. The Morgan fingerprint density at radius 3 is 2.61 bits per heavy atom. The van der Waals surface area contributed by atoms with Gasteiger partial charge in [-0.1, -0.05) is 0 Å². The maximum atomic E-state index is 12.8. The third kappa shape index (κ3) is 4.56. The summed E-state index contributed by atoms with van der Waals surface area (Å²) in [7, 11) is -2.07. The van der Waals surface area contributed by atoms with Gasteiger partial charge in [0.25, 0.3) is 5.91 Å². The number of amides is 1. The van der Waals surface area contributed by atoms with Crippen molar-refractivity contribution in [2.45, 2.75) is 31.6 Å². The molecule has 1 amide bonds. The molecule has 3 rings (SSSR count). The molecule has 1 atom stereocenters. The van der Waals surface area contributed by atoms with Crippen LogP contribution in [0.2, 0.25) is 0 Å². The number of hydrogen-bond acceptors (Lipinski definition) is 5. The van der Waals surface area contributed by atoms with E-state index in [0.717, 1.165) is 12.8 Å². The number of aryl methyl sites for hydroxylation is 2. The molecule has 28 heavy (non-hydrogen) atoms. The fourth-order valence-electron chi connectivity index (χ4n) is 3.50. The van der Waals surface area contributed by atoms with E-state index in [1.807, 2.05) is 6.92 Å². The molecule has 0 aliphatic carbocycles. The fraction of sp³-hybridized carbons (Fsp3) is 0.450. The first-order valence-electron chi connectivity index (χ1n) is 9.30. The normalized spacial score (nSPS) is 17.5. The molecule has 2 heterocycles. The zero-order valence-corrected chi connectivity index (χ0v) is 17.2. The summed E-state index contributed by atoms with van der Waals surface area (Å²) in [5.74, 6) is 1.94. The number of benzene rings is 1. The third-order valence-electron chi connectivity index (χ3n) is 5.01. The van der Waals surface area contributed by atoms with Gasteiger partial charge in [0.1, 0.15) is 17.3 Å². The van der Waals surface area contributed by atoms with Crippen molar-refractivity contribution in [3.8, 4) is 5.75 Å². The Hall–Kier alpha value is -2.32. The SMILES string of the molecule is COc1ccc(S(=O)(=O)NCC2CCCN(C(=O)c3cc(C)oc3C)C2)cc1. The maximum absolute atomic E-state index is 12.8. The van der Waals surface area contributed by atoms with Crippen molar-refractivity contribution >= 4 is 15.9 Å². The second-order valence-corrected chi connectivity index (χ2v) is 8.88. The molecule has 1 aromatic heterocycles. The van der Waals surface area contributed by atoms with Gasteiger partial charge < -0.3 is 14.1 Å². The summed E-state index contributed by atoms with van der Waals surface area (Å²) in [5, 5.41) is 0. The van der Waals surface area contributed by atoms with Crippen molar-refractivity contribution in [3.63, 3.8) is 0 Å². The number of furan rings is 1. The summed E-state index contributed by atoms with van der Waals surface area (Å²) >= 11 is 0. The predicted octanol–water partition coefficient (Wildman–Crippen LogP) is 2.74. The molecule has 1 aliphatic heterocycles. The van der Waals surface area contributed by atoms with Crippen molar-refractivity contribution in [3.05, 3.63) is 47.4 Å². The largest absolute Gasteiger partial charge is 0.497 e. The quantitative estimate of drug-likeness (QED) is 0.797. The number of rotatable bonds is 6. The van der Waals surface area contributed by atoms with E-state index in [-0.39, 0.29) is 16.7 Å². The van der Waals surface area contributed by atoms with Gasteiger partial charge in [-0.05, 0) is 62.9 Å². The number of ether oxygens (including phenoxy) is 1. The number of piperidine rings is 1. The summed E-state index contributed by atoms with van der Waals surface area (Å²) in [4.78, 5) is 14.8. The molecule has 1 N–H and O–H groups in total. The van der Waals surface area contributed by atoms with Gasteiger partial charge >= 0.3 is 0 Å². The molecular formula is C20H26N2O5S. The fourth-order valence-corrected chi connectivity index (χ4v) is 4.61. The van der Waals surface area contributed by atoms with Crippen molar-refractivity contribution in [2.24, 2.45) is 5.92 Å². The Balaban J connectivity index is 1.61. The smallest absolute Gasteiger partial charge is 0.257 e. The van der Waals surface area contributed by atoms with Gasteiger partial charge in [0.05, 0.1) is 17.6 Å². The molecule has 7 nitrogen and oxygen atoms in total. The standard InChI is InChI=1S/C20H26N2O5S/c1-14-11-19(15(2)27-14)20(23)22-10-4-5-16(13-22)12-21-28(24,25)18-8-6-17(26-3)7-9-18/h6-9,11,16,21H,4-5,10,12-13H2,1-3H3. The summed E-state index contributed by atoms with van der Waals surface area (Å²) in [6.45, 7) is 5.08. The molecule has 1 fully saturated rings. The Kier molecular flexibility index (Phi) is 6.10. The molecular weight excluding hydrogens is 380 g/mol. The first kappa shape index (κ1) is 20.4. The van der Waals surface area contributed by atoms with Crippen molar-refractivity contribution in [1.29, 1.82) is 0 Å². The summed E-state index contributed by atoms with van der Waals surface area (Å²) in [6.07, 6.45) is 1.72. The minimum absolute atomic E-state index is 0.0583. The minimum atomic E-state index is -3.60. The van der Waals surface area contributed by atoms with Gasteiger partial charge in [-0.3, -0.25) is 4.79 Å². The van der Waals surface area contributed by atoms with E-state index in [1.165, 1.54) is 19.2 Å². The van der Waals surface area contributed by atoms with Gasteiger partial charge in [-0.25, -0.2) is 13.1 Å². The third-order valence-corrected chi connectivity index (χ3v) is 6.45. The monoisotopic (exact) mass is 406 g/mol. The lowest BCUT2D eigenvalue weighted by molar-refractivity contribution is 0.0674. The van der Waals surface area contributed by atoms with Crippen LogP contribution in [0, 0.1) is 19.8 Å². The minimum Gasteiger partial charge on any atom is -0.497 e. The van der Waals surface area contributed by atoms with Crippen LogP contribution in [-0.4, -0.2) is 46.0 Å².